The second-order valence-corrected chi connectivity index (χ2v) is 9.08. The zero-order chi connectivity index (χ0) is 16.4. The monoisotopic (exact) mass is 288 g/mol. The molecular weight excluding hydrogens is 252 g/mol. The minimum atomic E-state index is 0.214. The topological polar surface area (TPSA) is 0 Å². The van der Waals surface area contributed by atoms with Gasteiger partial charge >= 0.3 is 0 Å². The zero-order valence-electron chi connectivity index (χ0n) is 15.8. The fourth-order valence-corrected chi connectivity index (χ4v) is 2.86. The summed E-state index contributed by atoms with van der Waals surface area (Å²) in [6.07, 6.45) is 2.52. The van der Waals surface area contributed by atoms with Crippen LogP contribution in [-0.4, -0.2) is 0 Å². The molecule has 0 fully saturated rings. The molecule has 0 nitrogen and oxygen atoms in total. The van der Waals surface area contributed by atoms with Gasteiger partial charge in [-0.15, -0.1) is 0 Å². The highest BCUT2D eigenvalue weighted by Gasteiger charge is 2.22. The van der Waals surface area contributed by atoms with Crippen LogP contribution >= 0.6 is 0 Å². The molecule has 1 aromatic carbocycles. The second-order valence-electron chi connectivity index (χ2n) is 9.08. The number of hydrogen-bond acceptors (Lipinski definition) is 0. The second kappa shape index (κ2) is 6.55. The quantitative estimate of drug-likeness (QED) is 0.570. The van der Waals surface area contributed by atoms with E-state index in [4.69, 9.17) is 0 Å². The molecule has 0 heteroatoms. The summed E-state index contributed by atoms with van der Waals surface area (Å²) in [5.74, 6) is 1.44. The predicted octanol–water partition coefficient (Wildman–Crippen LogP) is 6.82. The van der Waals surface area contributed by atoms with E-state index >= 15 is 0 Å². The number of hydrogen-bond donors (Lipinski definition) is 0. The van der Waals surface area contributed by atoms with Gasteiger partial charge < -0.3 is 0 Å². The van der Waals surface area contributed by atoms with Gasteiger partial charge in [0.2, 0.25) is 0 Å². The average molecular weight is 289 g/mol. The Hall–Kier alpha value is -0.780. The van der Waals surface area contributed by atoms with E-state index in [2.05, 4.69) is 80.5 Å². The molecule has 0 aliphatic heterocycles. The first-order chi connectivity index (χ1) is 9.45. The molecule has 1 atom stereocenters. The molecule has 1 aromatic rings. The molecule has 0 heterocycles. The summed E-state index contributed by atoms with van der Waals surface area (Å²) in [6.45, 7) is 20.9. The summed E-state index contributed by atoms with van der Waals surface area (Å²) in [4.78, 5) is 0. The van der Waals surface area contributed by atoms with Gasteiger partial charge in [-0.05, 0) is 52.2 Å². The molecular formula is C21H36. The third kappa shape index (κ3) is 5.16. The largest absolute Gasteiger partial charge is 0.0648 e. The van der Waals surface area contributed by atoms with E-state index in [0.717, 1.165) is 5.92 Å². The molecule has 0 aliphatic carbocycles. The number of rotatable bonds is 4. The van der Waals surface area contributed by atoms with Crippen molar-refractivity contribution in [3.8, 4) is 0 Å². The summed E-state index contributed by atoms with van der Waals surface area (Å²) in [7, 11) is 0. The molecule has 0 N–H and O–H groups in total. The van der Waals surface area contributed by atoms with Gasteiger partial charge in [0.05, 0.1) is 0 Å². The Morgan fingerprint density at radius 3 is 1.52 bits per heavy atom. The Bertz CT molecular complexity index is 420. The van der Waals surface area contributed by atoms with E-state index in [1.165, 1.54) is 24.0 Å². The van der Waals surface area contributed by atoms with E-state index in [1.54, 1.807) is 5.56 Å². The van der Waals surface area contributed by atoms with E-state index < -0.39 is 0 Å². The molecule has 0 saturated carbocycles. The fourth-order valence-electron chi connectivity index (χ4n) is 2.86. The van der Waals surface area contributed by atoms with Gasteiger partial charge in [0.25, 0.3) is 0 Å². The van der Waals surface area contributed by atoms with Crippen molar-refractivity contribution in [1.29, 1.82) is 0 Å². The van der Waals surface area contributed by atoms with Crippen molar-refractivity contribution in [2.75, 3.05) is 0 Å². The first-order valence-electron chi connectivity index (χ1n) is 8.61. The zero-order valence-corrected chi connectivity index (χ0v) is 15.8. The Morgan fingerprint density at radius 1 is 0.810 bits per heavy atom. The minimum absolute atomic E-state index is 0.214. The van der Waals surface area contributed by atoms with Crippen LogP contribution in [0.2, 0.25) is 0 Å². The lowest BCUT2D eigenvalue weighted by Crippen LogP contribution is -2.18. The van der Waals surface area contributed by atoms with Crippen LogP contribution in [0.5, 0.6) is 0 Å². The predicted molar refractivity (Wildman–Crippen MR) is 96.3 cm³/mol. The van der Waals surface area contributed by atoms with Crippen LogP contribution in [-0.2, 0) is 10.8 Å². The van der Waals surface area contributed by atoms with Crippen LogP contribution in [0.15, 0.2) is 18.2 Å². The SMILES string of the molecule is CCC(CC(C)C)c1cc(C(C)(C)C)cc(C(C)(C)C)c1. The first-order valence-corrected chi connectivity index (χ1v) is 8.61. The molecule has 0 bridgehead atoms. The summed E-state index contributed by atoms with van der Waals surface area (Å²) in [6, 6.07) is 7.35. The van der Waals surface area contributed by atoms with Crippen LogP contribution in [0.25, 0.3) is 0 Å². The maximum atomic E-state index is 2.46. The Morgan fingerprint density at radius 2 is 1.24 bits per heavy atom. The Kier molecular flexibility index (Phi) is 5.69. The molecule has 21 heavy (non-hydrogen) atoms. The molecule has 0 aliphatic rings. The summed E-state index contributed by atoms with van der Waals surface area (Å²) < 4.78 is 0. The molecule has 120 valence electrons. The van der Waals surface area contributed by atoms with Gasteiger partial charge in [-0.3, -0.25) is 0 Å². The lowest BCUT2D eigenvalue weighted by molar-refractivity contribution is 0.485. The van der Waals surface area contributed by atoms with Crippen molar-refractivity contribution in [3.63, 3.8) is 0 Å². The van der Waals surface area contributed by atoms with Gasteiger partial charge in [0, 0.05) is 0 Å². The average Bonchev–Trinajstić information content (AvgIpc) is 2.33. The minimum Gasteiger partial charge on any atom is -0.0648 e. The summed E-state index contributed by atoms with van der Waals surface area (Å²) in [5.41, 5.74) is 4.93. The van der Waals surface area contributed by atoms with Gasteiger partial charge in [-0.25, -0.2) is 0 Å². The maximum Gasteiger partial charge on any atom is -0.0132 e. The van der Waals surface area contributed by atoms with Crippen LogP contribution in [0.1, 0.15) is 97.8 Å². The van der Waals surface area contributed by atoms with Crippen molar-refractivity contribution in [2.24, 2.45) is 5.92 Å². The van der Waals surface area contributed by atoms with E-state index in [0.29, 0.717) is 5.92 Å². The molecule has 0 spiro atoms. The molecule has 1 unspecified atom stereocenters. The Labute approximate surface area is 133 Å². The van der Waals surface area contributed by atoms with Gasteiger partial charge in [0.1, 0.15) is 0 Å². The standard InChI is InChI=1S/C21H36/c1-10-16(11-15(2)3)17-12-18(20(4,5)6)14-19(13-17)21(7,8)9/h12-16H,10-11H2,1-9H3. The van der Waals surface area contributed by atoms with Gasteiger partial charge in [-0.1, -0.05) is 80.5 Å². The molecule has 0 aromatic heterocycles. The highest BCUT2D eigenvalue weighted by Crippen LogP contribution is 2.35. The van der Waals surface area contributed by atoms with Gasteiger partial charge in [-0.2, -0.15) is 0 Å². The molecule has 1 rings (SSSR count). The van der Waals surface area contributed by atoms with Crippen LogP contribution < -0.4 is 0 Å². The molecule has 0 saturated heterocycles. The van der Waals surface area contributed by atoms with Crippen molar-refractivity contribution < 1.29 is 0 Å². The Balaban J connectivity index is 3.37. The normalized spacial score (nSPS) is 14.6. The van der Waals surface area contributed by atoms with Crippen molar-refractivity contribution in [3.05, 3.63) is 34.9 Å². The highest BCUT2D eigenvalue weighted by molar-refractivity contribution is 5.38. The van der Waals surface area contributed by atoms with E-state index in [9.17, 15) is 0 Å². The summed E-state index contributed by atoms with van der Waals surface area (Å²) in [5, 5.41) is 0. The molecule has 0 radical (unpaired) electrons. The van der Waals surface area contributed by atoms with Crippen LogP contribution in [0.3, 0.4) is 0 Å². The lowest BCUT2D eigenvalue weighted by atomic mass is 9.77. The third-order valence-electron chi connectivity index (χ3n) is 4.41. The van der Waals surface area contributed by atoms with Crippen molar-refractivity contribution in [2.45, 2.75) is 91.9 Å². The first kappa shape index (κ1) is 18.3. The maximum absolute atomic E-state index is 2.46. The third-order valence-corrected chi connectivity index (χ3v) is 4.41. The van der Waals surface area contributed by atoms with Crippen molar-refractivity contribution >= 4 is 0 Å². The highest BCUT2D eigenvalue weighted by atomic mass is 14.3. The lowest BCUT2D eigenvalue weighted by Gasteiger charge is -2.28. The smallest absolute Gasteiger partial charge is 0.0132 e. The van der Waals surface area contributed by atoms with Crippen LogP contribution in [0.4, 0.5) is 0 Å². The van der Waals surface area contributed by atoms with E-state index in [1.807, 2.05) is 0 Å². The fraction of sp³-hybridized carbons (Fsp3) is 0.714. The van der Waals surface area contributed by atoms with E-state index in [-0.39, 0.29) is 10.8 Å². The van der Waals surface area contributed by atoms with Crippen molar-refractivity contribution in [1.82, 2.24) is 0 Å². The number of benzene rings is 1. The van der Waals surface area contributed by atoms with Gasteiger partial charge in [0.15, 0.2) is 0 Å². The van der Waals surface area contributed by atoms with Crippen LogP contribution in [0, 0.1) is 5.92 Å². The molecule has 0 amide bonds. The summed E-state index contributed by atoms with van der Waals surface area (Å²) >= 11 is 0.